The molecule has 0 aromatic rings. The largest absolute Gasteiger partial charge is 0.341 e. The lowest BCUT2D eigenvalue weighted by molar-refractivity contribution is -0.140. The average molecular weight is 281 g/mol. The fraction of sp³-hybridized carbons (Fsp3) is 0.786. The molecule has 0 spiro atoms. The number of hydrogen-bond acceptors (Lipinski definition) is 3. The molecule has 0 aromatic heterocycles. The zero-order valence-corrected chi connectivity index (χ0v) is 12.6. The van der Waals surface area contributed by atoms with Gasteiger partial charge >= 0.3 is 6.03 Å². The normalized spacial score (nSPS) is 29.6. The molecular weight excluding hydrogens is 258 g/mol. The summed E-state index contributed by atoms with van der Waals surface area (Å²) < 4.78 is 0. The second kappa shape index (κ2) is 5.07. The third-order valence-corrected chi connectivity index (χ3v) is 3.96. The van der Waals surface area contributed by atoms with Gasteiger partial charge in [0.05, 0.1) is 0 Å². The smallest absolute Gasteiger partial charge is 0.325 e. The van der Waals surface area contributed by atoms with Crippen molar-refractivity contribution in [2.24, 2.45) is 11.8 Å². The Morgan fingerprint density at radius 1 is 1.25 bits per heavy atom. The van der Waals surface area contributed by atoms with Gasteiger partial charge in [-0.3, -0.25) is 14.5 Å². The second-order valence-electron chi connectivity index (χ2n) is 6.69. The van der Waals surface area contributed by atoms with E-state index in [4.69, 9.17) is 0 Å². The predicted octanol–water partition coefficient (Wildman–Crippen LogP) is 0.821. The number of likely N-dealkylation sites (tertiary alicyclic amines) is 1. The van der Waals surface area contributed by atoms with E-state index in [0.717, 1.165) is 11.3 Å². The molecule has 0 radical (unpaired) electrons. The SMILES string of the molecule is C[C@@H]1C[C@@H](C)CN(C(=O)CN2C(=O)NC(C)(C)C2=O)C1. The quantitative estimate of drug-likeness (QED) is 0.762. The number of nitrogens with one attached hydrogen (secondary N) is 1. The van der Waals surface area contributed by atoms with E-state index in [1.807, 2.05) is 0 Å². The van der Waals surface area contributed by atoms with Crippen molar-refractivity contribution in [1.82, 2.24) is 15.1 Å². The minimum absolute atomic E-state index is 0.149. The van der Waals surface area contributed by atoms with Gasteiger partial charge in [-0.1, -0.05) is 13.8 Å². The first-order chi connectivity index (χ1) is 9.20. The summed E-state index contributed by atoms with van der Waals surface area (Å²) in [6.45, 7) is 8.77. The van der Waals surface area contributed by atoms with Crippen molar-refractivity contribution in [1.29, 1.82) is 0 Å². The Hall–Kier alpha value is -1.59. The highest BCUT2D eigenvalue weighted by Gasteiger charge is 2.45. The van der Waals surface area contributed by atoms with Gasteiger partial charge in [-0.25, -0.2) is 4.79 Å². The number of urea groups is 1. The Labute approximate surface area is 119 Å². The molecular formula is C14H23N3O3. The highest BCUT2D eigenvalue weighted by Crippen LogP contribution is 2.22. The zero-order chi connectivity index (χ0) is 15.1. The van der Waals surface area contributed by atoms with Crippen molar-refractivity contribution < 1.29 is 14.4 Å². The summed E-state index contributed by atoms with van der Waals surface area (Å²) in [5.41, 5.74) is -0.917. The molecule has 112 valence electrons. The molecule has 6 heteroatoms. The molecule has 6 nitrogen and oxygen atoms in total. The number of carbonyl (C=O) groups is 3. The van der Waals surface area contributed by atoms with Gasteiger partial charge < -0.3 is 10.2 Å². The standard InChI is InChI=1S/C14H23N3O3/c1-9-5-10(2)7-16(6-9)11(18)8-17-12(19)14(3,4)15-13(17)20/h9-10H,5-8H2,1-4H3,(H,15,20)/t9-,10-/m1/s1. The number of imide groups is 1. The van der Waals surface area contributed by atoms with Crippen molar-refractivity contribution >= 4 is 17.8 Å². The van der Waals surface area contributed by atoms with Crippen LogP contribution in [0.1, 0.15) is 34.1 Å². The van der Waals surface area contributed by atoms with Gasteiger partial charge in [-0.2, -0.15) is 0 Å². The molecule has 0 unspecified atom stereocenters. The minimum atomic E-state index is -0.917. The molecule has 2 rings (SSSR count). The number of amides is 4. The van der Waals surface area contributed by atoms with Gasteiger partial charge in [0.25, 0.3) is 5.91 Å². The van der Waals surface area contributed by atoms with Crippen LogP contribution in [0.15, 0.2) is 0 Å². The van der Waals surface area contributed by atoms with Crippen LogP contribution < -0.4 is 5.32 Å². The maximum atomic E-state index is 12.3. The van der Waals surface area contributed by atoms with Crippen LogP contribution in [0.5, 0.6) is 0 Å². The lowest BCUT2D eigenvalue weighted by Gasteiger charge is -2.35. The van der Waals surface area contributed by atoms with Crippen molar-refractivity contribution in [3.63, 3.8) is 0 Å². The first kappa shape index (κ1) is 14.8. The molecule has 0 saturated carbocycles. The molecule has 0 aliphatic carbocycles. The Bertz CT molecular complexity index is 437. The lowest BCUT2D eigenvalue weighted by atomic mass is 9.92. The molecule has 0 bridgehead atoms. The Morgan fingerprint density at radius 3 is 2.25 bits per heavy atom. The molecule has 2 saturated heterocycles. The second-order valence-corrected chi connectivity index (χ2v) is 6.69. The Kier molecular flexibility index (Phi) is 3.75. The molecule has 20 heavy (non-hydrogen) atoms. The van der Waals surface area contributed by atoms with E-state index in [1.165, 1.54) is 0 Å². The summed E-state index contributed by atoms with van der Waals surface area (Å²) in [6, 6.07) is -0.480. The summed E-state index contributed by atoms with van der Waals surface area (Å²) in [6.07, 6.45) is 1.11. The van der Waals surface area contributed by atoms with Gasteiger partial charge in [0.1, 0.15) is 12.1 Å². The summed E-state index contributed by atoms with van der Waals surface area (Å²) >= 11 is 0. The van der Waals surface area contributed by atoms with Crippen molar-refractivity contribution in [3.8, 4) is 0 Å². The predicted molar refractivity (Wildman–Crippen MR) is 73.8 cm³/mol. The van der Waals surface area contributed by atoms with Crippen molar-refractivity contribution in [2.45, 2.75) is 39.7 Å². The highest BCUT2D eigenvalue weighted by molar-refractivity contribution is 6.08. The van der Waals surface area contributed by atoms with Gasteiger partial charge in [0.2, 0.25) is 5.91 Å². The number of nitrogens with zero attached hydrogens (tertiary/aromatic N) is 2. The Morgan fingerprint density at radius 2 is 1.80 bits per heavy atom. The first-order valence-corrected chi connectivity index (χ1v) is 7.12. The molecule has 4 amide bonds. The van der Waals surface area contributed by atoms with Gasteiger partial charge in [-0.15, -0.1) is 0 Å². The van der Waals surface area contributed by atoms with Crippen molar-refractivity contribution in [3.05, 3.63) is 0 Å². The summed E-state index contributed by atoms with van der Waals surface area (Å²) in [7, 11) is 0. The van der Waals surface area contributed by atoms with Crippen LogP contribution in [0.3, 0.4) is 0 Å². The van der Waals surface area contributed by atoms with Gasteiger partial charge in [0.15, 0.2) is 0 Å². The average Bonchev–Trinajstić information content (AvgIpc) is 2.50. The van der Waals surface area contributed by atoms with E-state index < -0.39 is 11.6 Å². The van der Waals surface area contributed by atoms with Crippen LogP contribution in [0.25, 0.3) is 0 Å². The van der Waals surface area contributed by atoms with E-state index >= 15 is 0 Å². The zero-order valence-electron chi connectivity index (χ0n) is 12.6. The third-order valence-electron chi connectivity index (χ3n) is 3.96. The van der Waals surface area contributed by atoms with Crippen molar-refractivity contribution in [2.75, 3.05) is 19.6 Å². The number of piperidine rings is 1. The summed E-state index contributed by atoms with van der Waals surface area (Å²) in [5.74, 6) is 0.433. The molecule has 2 aliphatic rings. The lowest BCUT2D eigenvalue weighted by Crippen LogP contribution is -2.48. The van der Waals surface area contributed by atoms with Crippen LogP contribution in [-0.4, -0.2) is 52.8 Å². The molecule has 2 aliphatic heterocycles. The van der Waals surface area contributed by atoms with Crippen LogP contribution >= 0.6 is 0 Å². The van der Waals surface area contributed by atoms with Gasteiger partial charge in [0, 0.05) is 13.1 Å². The van der Waals surface area contributed by atoms with Crippen LogP contribution in [0, 0.1) is 11.8 Å². The number of hydrogen-bond donors (Lipinski definition) is 1. The molecule has 2 heterocycles. The molecule has 2 atom stereocenters. The third kappa shape index (κ3) is 2.78. The van der Waals surface area contributed by atoms with E-state index in [1.54, 1.807) is 18.7 Å². The summed E-state index contributed by atoms with van der Waals surface area (Å²) in [5, 5.41) is 2.59. The molecule has 0 aromatic carbocycles. The minimum Gasteiger partial charge on any atom is -0.341 e. The number of rotatable bonds is 2. The summed E-state index contributed by atoms with van der Waals surface area (Å²) in [4.78, 5) is 38.9. The molecule has 2 fully saturated rings. The first-order valence-electron chi connectivity index (χ1n) is 7.12. The monoisotopic (exact) mass is 281 g/mol. The maximum Gasteiger partial charge on any atom is 0.325 e. The van der Waals surface area contributed by atoms with Crippen LogP contribution in [0.2, 0.25) is 0 Å². The van der Waals surface area contributed by atoms with Gasteiger partial charge in [-0.05, 0) is 32.1 Å². The topological polar surface area (TPSA) is 69.7 Å². The fourth-order valence-corrected chi connectivity index (χ4v) is 3.06. The Balaban J connectivity index is 2.01. The van der Waals surface area contributed by atoms with E-state index in [0.29, 0.717) is 24.9 Å². The number of carbonyl (C=O) groups excluding carboxylic acids is 3. The molecule has 1 N–H and O–H groups in total. The van der Waals surface area contributed by atoms with Crippen LogP contribution in [0.4, 0.5) is 4.79 Å². The van der Waals surface area contributed by atoms with E-state index in [9.17, 15) is 14.4 Å². The van der Waals surface area contributed by atoms with E-state index in [2.05, 4.69) is 19.2 Å². The van der Waals surface area contributed by atoms with Crippen LogP contribution in [-0.2, 0) is 9.59 Å². The fourth-order valence-electron chi connectivity index (χ4n) is 3.06. The maximum absolute atomic E-state index is 12.3. The highest BCUT2D eigenvalue weighted by atomic mass is 16.2. The van der Waals surface area contributed by atoms with E-state index in [-0.39, 0.29) is 18.4 Å².